The summed E-state index contributed by atoms with van der Waals surface area (Å²) in [5.41, 5.74) is 8.66. The third kappa shape index (κ3) is 1.92. The smallest absolute Gasteiger partial charge is 0.115 e. The summed E-state index contributed by atoms with van der Waals surface area (Å²) in [7, 11) is 1.88. The van der Waals surface area contributed by atoms with Crippen LogP contribution in [0.2, 0.25) is 0 Å². The van der Waals surface area contributed by atoms with Crippen molar-refractivity contribution in [3.63, 3.8) is 0 Å². The first-order chi connectivity index (χ1) is 7.58. The molecule has 0 aliphatic rings. The van der Waals surface area contributed by atoms with Crippen LogP contribution in [0.4, 0.5) is 0 Å². The number of hydrogen-bond donors (Lipinski definition) is 2. The Labute approximate surface area is 94.3 Å². The maximum absolute atomic E-state index is 9.22. The van der Waals surface area contributed by atoms with Gasteiger partial charge in [-0.1, -0.05) is 0 Å². The molecule has 0 amide bonds. The molecule has 0 spiro atoms. The third-order valence-corrected chi connectivity index (χ3v) is 2.53. The van der Waals surface area contributed by atoms with E-state index < -0.39 is 0 Å². The number of phenols is 1. The Balaban J connectivity index is 2.44. The first-order valence-electron chi connectivity index (χ1n) is 5.17. The predicted molar refractivity (Wildman–Crippen MR) is 62.9 cm³/mol. The summed E-state index contributed by atoms with van der Waals surface area (Å²) in [5, 5.41) is 13.6. The highest BCUT2D eigenvalue weighted by atomic mass is 16.3. The maximum atomic E-state index is 9.22. The minimum atomic E-state index is -0.0722. The quantitative estimate of drug-likeness (QED) is 0.806. The van der Waals surface area contributed by atoms with Crippen molar-refractivity contribution in [1.82, 2.24) is 9.78 Å². The maximum Gasteiger partial charge on any atom is 0.115 e. The average molecular weight is 217 g/mol. The lowest BCUT2D eigenvalue weighted by atomic mass is 10.1. The molecule has 1 heterocycles. The molecule has 0 bridgehead atoms. The summed E-state index contributed by atoms with van der Waals surface area (Å²) in [4.78, 5) is 0. The van der Waals surface area contributed by atoms with Crippen molar-refractivity contribution in [2.24, 2.45) is 12.8 Å². The van der Waals surface area contributed by atoms with Crippen LogP contribution in [-0.2, 0) is 7.05 Å². The number of benzene rings is 1. The van der Waals surface area contributed by atoms with Crippen LogP contribution in [0.15, 0.2) is 30.3 Å². The second kappa shape index (κ2) is 3.98. The fourth-order valence-electron chi connectivity index (χ4n) is 1.61. The van der Waals surface area contributed by atoms with E-state index >= 15 is 0 Å². The van der Waals surface area contributed by atoms with Gasteiger partial charge in [-0.15, -0.1) is 0 Å². The molecule has 2 aromatic rings. The van der Waals surface area contributed by atoms with Crippen LogP contribution in [0.3, 0.4) is 0 Å². The van der Waals surface area contributed by atoms with Gasteiger partial charge in [-0.2, -0.15) is 5.10 Å². The van der Waals surface area contributed by atoms with Gasteiger partial charge in [0.05, 0.1) is 11.4 Å². The number of rotatable bonds is 2. The molecule has 0 aliphatic heterocycles. The topological polar surface area (TPSA) is 64.1 Å². The Bertz CT molecular complexity index is 485. The van der Waals surface area contributed by atoms with E-state index in [1.807, 2.05) is 32.2 Å². The summed E-state index contributed by atoms with van der Waals surface area (Å²) in [5.74, 6) is 0.262. The van der Waals surface area contributed by atoms with E-state index in [1.54, 1.807) is 16.8 Å². The summed E-state index contributed by atoms with van der Waals surface area (Å²) in [6.45, 7) is 1.91. The molecule has 0 saturated heterocycles. The summed E-state index contributed by atoms with van der Waals surface area (Å²) < 4.78 is 1.80. The van der Waals surface area contributed by atoms with Crippen LogP contribution >= 0.6 is 0 Å². The molecular weight excluding hydrogens is 202 g/mol. The lowest BCUT2D eigenvalue weighted by Crippen LogP contribution is -2.06. The van der Waals surface area contributed by atoms with Crippen molar-refractivity contribution in [3.05, 3.63) is 36.0 Å². The Morgan fingerprint density at radius 1 is 1.31 bits per heavy atom. The van der Waals surface area contributed by atoms with Crippen LogP contribution < -0.4 is 5.73 Å². The second-order valence-electron chi connectivity index (χ2n) is 3.91. The first-order valence-corrected chi connectivity index (χ1v) is 5.17. The molecule has 16 heavy (non-hydrogen) atoms. The van der Waals surface area contributed by atoms with E-state index in [0.29, 0.717) is 0 Å². The molecule has 0 fully saturated rings. The fourth-order valence-corrected chi connectivity index (χ4v) is 1.61. The first kappa shape index (κ1) is 10.7. The van der Waals surface area contributed by atoms with Gasteiger partial charge in [0.25, 0.3) is 0 Å². The molecular formula is C12H15N3O. The Kier molecular flexibility index (Phi) is 2.66. The normalized spacial score (nSPS) is 12.7. The van der Waals surface area contributed by atoms with Crippen LogP contribution in [0.25, 0.3) is 11.3 Å². The molecule has 1 unspecified atom stereocenters. The van der Waals surface area contributed by atoms with Crippen molar-refractivity contribution < 1.29 is 5.11 Å². The summed E-state index contributed by atoms with van der Waals surface area (Å²) >= 11 is 0. The largest absolute Gasteiger partial charge is 0.508 e. The van der Waals surface area contributed by atoms with Crippen LogP contribution in [0.5, 0.6) is 5.75 Å². The highest BCUT2D eigenvalue weighted by molar-refractivity contribution is 5.61. The van der Waals surface area contributed by atoms with Gasteiger partial charge in [0.2, 0.25) is 0 Å². The molecule has 0 saturated carbocycles. The zero-order chi connectivity index (χ0) is 11.7. The van der Waals surface area contributed by atoms with Gasteiger partial charge in [-0.3, -0.25) is 4.68 Å². The molecule has 2 rings (SSSR count). The van der Waals surface area contributed by atoms with Crippen molar-refractivity contribution >= 4 is 0 Å². The van der Waals surface area contributed by atoms with Crippen LogP contribution in [0, 0.1) is 0 Å². The van der Waals surface area contributed by atoms with E-state index in [1.165, 1.54) is 0 Å². The molecule has 4 nitrogen and oxygen atoms in total. The van der Waals surface area contributed by atoms with Crippen LogP contribution in [-0.4, -0.2) is 14.9 Å². The van der Waals surface area contributed by atoms with Gasteiger partial charge in [-0.25, -0.2) is 0 Å². The molecule has 84 valence electrons. The number of aryl methyl sites for hydroxylation is 1. The molecule has 1 atom stereocenters. The van der Waals surface area contributed by atoms with Crippen molar-refractivity contribution in [2.45, 2.75) is 13.0 Å². The fraction of sp³-hybridized carbons (Fsp3) is 0.250. The van der Waals surface area contributed by atoms with Crippen molar-refractivity contribution in [3.8, 4) is 17.0 Å². The van der Waals surface area contributed by atoms with Crippen molar-refractivity contribution in [1.29, 1.82) is 0 Å². The number of aromatic nitrogens is 2. The highest BCUT2D eigenvalue weighted by Crippen LogP contribution is 2.23. The Morgan fingerprint density at radius 3 is 2.44 bits per heavy atom. The van der Waals surface area contributed by atoms with E-state index in [0.717, 1.165) is 17.0 Å². The summed E-state index contributed by atoms with van der Waals surface area (Å²) in [6, 6.07) is 8.94. The zero-order valence-corrected chi connectivity index (χ0v) is 9.38. The van der Waals surface area contributed by atoms with E-state index in [4.69, 9.17) is 5.73 Å². The lowest BCUT2D eigenvalue weighted by Gasteiger charge is -2.01. The van der Waals surface area contributed by atoms with Gasteiger partial charge in [0.1, 0.15) is 5.75 Å². The standard InChI is InChI=1S/C12H15N3O/c1-8(13)11-7-12(15(2)14-11)9-3-5-10(16)6-4-9/h3-8,16H,13H2,1-2H3. The van der Waals surface area contributed by atoms with Gasteiger partial charge >= 0.3 is 0 Å². The lowest BCUT2D eigenvalue weighted by molar-refractivity contribution is 0.475. The SMILES string of the molecule is CC(N)c1cc(-c2ccc(O)cc2)n(C)n1. The molecule has 1 aromatic carbocycles. The number of hydrogen-bond acceptors (Lipinski definition) is 3. The van der Waals surface area contributed by atoms with Crippen molar-refractivity contribution in [2.75, 3.05) is 0 Å². The molecule has 0 aliphatic carbocycles. The number of phenolic OH excluding ortho intramolecular Hbond substituents is 1. The average Bonchev–Trinajstić information content (AvgIpc) is 2.62. The molecule has 3 N–H and O–H groups in total. The molecule has 1 aromatic heterocycles. The molecule has 4 heteroatoms. The predicted octanol–water partition coefficient (Wildman–Crippen LogP) is 1.81. The van der Waals surface area contributed by atoms with E-state index in [-0.39, 0.29) is 11.8 Å². The highest BCUT2D eigenvalue weighted by Gasteiger charge is 2.09. The molecule has 0 radical (unpaired) electrons. The number of aromatic hydroxyl groups is 1. The number of nitrogens with zero attached hydrogens (tertiary/aromatic N) is 2. The van der Waals surface area contributed by atoms with Gasteiger partial charge in [0.15, 0.2) is 0 Å². The second-order valence-corrected chi connectivity index (χ2v) is 3.91. The Hall–Kier alpha value is -1.81. The monoisotopic (exact) mass is 217 g/mol. The minimum absolute atomic E-state index is 0.0722. The number of nitrogens with two attached hydrogens (primary N) is 1. The minimum Gasteiger partial charge on any atom is -0.508 e. The summed E-state index contributed by atoms with van der Waals surface area (Å²) in [6.07, 6.45) is 0. The van der Waals surface area contributed by atoms with E-state index in [2.05, 4.69) is 5.10 Å². The van der Waals surface area contributed by atoms with Gasteiger partial charge in [-0.05, 0) is 37.3 Å². The van der Waals surface area contributed by atoms with Gasteiger partial charge < -0.3 is 10.8 Å². The van der Waals surface area contributed by atoms with E-state index in [9.17, 15) is 5.11 Å². The Morgan fingerprint density at radius 2 is 1.94 bits per heavy atom. The zero-order valence-electron chi connectivity index (χ0n) is 9.38. The third-order valence-electron chi connectivity index (χ3n) is 2.53. The van der Waals surface area contributed by atoms with Gasteiger partial charge in [0, 0.05) is 18.7 Å². The van der Waals surface area contributed by atoms with Crippen LogP contribution in [0.1, 0.15) is 18.7 Å².